The molecule has 0 aliphatic heterocycles. The Bertz CT molecular complexity index is 500. The minimum absolute atomic E-state index is 0.874. The van der Waals surface area contributed by atoms with Crippen LogP contribution in [0.15, 0.2) is 51.5 Å². The summed E-state index contributed by atoms with van der Waals surface area (Å²) in [7, 11) is 0. The molecule has 0 unspecified atom stereocenters. The van der Waals surface area contributed by atoms with E-state index in [9.17, 15) is 0 Å². The van der Waals surface area contributed by atoms with Crippen LogP contribution >= 0.6 is 31.9 Å². The highest BCUT2D eigenvalue weighted by Gasteiger charge is 1.99. The summed E-state index contributed by atoms with van der Waals surface area (Å²) in [5, 5.41) is 3.42. The number of benzene rings is 1. The molecule has 1 N–H and O–H groups in total. The van der Waals surface area contributed by atoms with Crippen LogP contribution in [0.4, 0.5) is 0 Å². The number of hydrogen-bond acceptors (Lipinski definition) is 2. The van der Waals surface area contributed by atoms with Crippen molar-refractivity contribution >= 4 is 31.9 Å². The Kier molecular flexibility index (Phi) is 5.35. The van der Waals surface area contributed by atoms with Crippen molar-refractivity contribution < 1.29 is 0 Å². The van der Waals surface area contributed by atoms with E-state index in [1.54, 1.807) is 0 Å². The fraction of sp³-hybridized carbons (Fsp3) is 0.214. The molecule has 0 spiro atoms. The van der Waals surface area contributed by atoms with Crippen LogP contribution < -0.4 is 5.32 Å². The van der Waals surface area contributed by atoms with Gasteiger partial charge in [0.15, 0.2) is 0 Å². The van der Waals surface area contributed by atoms with Gasteiger partial charge in [0.1, 0.15) is 0 Å². The van der Waals surface area contributed by atoms with Crippen LogP contribution in [0.25, 0.3) is 0 Å². The summed E-state index contributed by atoms with van der Waals surface area (Å²) in [5.74, 6) is 0. The van der Waals surface area contributed by atoms with E-state index in [2.05, 4.69) is 66.4 Å². The van der Waals surface area contributed by atoms with Crippen molar-refractivity contribution in [3.63, 3.8) is 0 Å². The fourth-order valence-corrected chi connectivity index (χ4v) is 2.32. The minimum Gasteiger partial charge on any atom is -0.312 e. The maximum atomic E-state index is 4.30. The van der Waals surface area contributed by atoms with E-state index in [-0.39, 0.29) is 0 Å². The Balaban J connectivity index is 1.77. The maximum absolute atomic E-state index is 4.30. The Morgan fingerprint density at radius 1 is 1.06 bits per heavy atom. The molecule has 0 radical (unpaired) electrons. The molecule has 1 aromatic heterocycles. The van der Waals surface area contributed by atoms with E-state index in [1.165, 1.54) is 5.56 Å². The van der Waals surface area contributed by atoms with Crippen molar-refractivity contribution in [2.45, 2.75) is 13.0 Å². The van der Waals surface area contributed by atoms with Gasteiger partial charge in [0.25, 0.3) is 0 Å². The second-order valence-electron chi connectivity index (χ2n) is 4.00. The molecule has 0 aliphatic rings. The number of nitrogens with zero attached hydrogens (tertiary/aromatic N) is 1. The van der Waals surface area contributed by atoms with Gasteiger partial charge in [-0.25, -0.2) is 0 Å². The molecule has 94 valence electrons. The van der Waals surface area contributed by atoms with Gasteiger partial charge in [-0.15, -0.1) is 0 Å². The van der Waals surface area contributed by atoms with Crippen LogP contribution in [-0.4, -0.2) is 11.5 Å². The third-order valence-electron chi connectivity index (χ3n) is 2.60. The van der Waals surface area contributed by atoms with E-state index in [1.807, 2.05) is 18.3 Å². The van der Waals surface area contributed by atoms with Crippen LogP contribution in [0, 0.1) is 0 Å². The molecule has 4 heteroatoms. The minimum atomic E-state index is 0.874. The maximum Gasteiger partial charge on any atom is 0.0416 e. The molecule has 0 saturated heterocycles. The summed E-state index contributed by atoms with van der Waals surface area (Å²) in [4.78, 5) is 4.30. The van der Waals surface area contributed by atoms with Crippen LogP contribution in [0.3, 0.4) is 0 Å². The van der Waals surface area contributed by atoms with Gasteiger partial charge >= 0.3 is 0 Å². The van der Waals surface area contributed by atoms with Crippen molar-refractivity contribution in [2.75, 3.05) is 6.54 Å². The normalized spacial score (nSPS) is 10.6. The molecule has 1 aromatic carbocycles. The monoisotopic (exact) mass is 368 g/mol. The number of halogens is 2. The standard InChI is InChI=1S/C14H14Br2N2/c15-13-5-4-11(9-14(13)16)10-17-8-6-12-3-1-2-7-18-12/h1-5,7,9,17H,6,8,10H2. The SMILES string of the molecule is Brc1ccc(CNCCc2ccccn2)cc1Br. The molecule has 0 bridgehead atoms. The van der Waals surface area contributed by atoms with E-state index in [0.29, 0.717) is 0 Å². The lowest BCUT2D eigenvalue weighted by Crippen LogP contribution is -2.17. The zero-order valence-electron chi connectivity index (χ0n) is 9.87. The number of aromatic nitrogens is 1. The first-order chi connectivity index (χ1) is 8.75. The molecule has 18 heavy (non-hydrogen) atoms. The molecule has 1 heterocycles. The van der Waals surface area contributed by atoms with E-state index >= 15 is 0 Å². The van der Waals surface area contributed by atoms with Gasteiger partial charge in [0, 0.05) is 40.3 Å². The van der Waals surface area contributed by atoms with Crippen molar-refractivity contribution in [3.05, 3.63) is 62.8 Å². The Labute approximate surface area is 124 Å². The lowest BCUT2D eigenvalue weighted by Gasteiger charge is -2.06. The predicted molar refractivity (Wildman–Crippen MR) is 81.5 cm³/mol. The third kappa shape index (κ3) is 4.19. The summed E-state index contributed by atoms with van der Waals surface area (Å²) < 4.78 is 2.17. The molecule has 0 saturated carbocycles. The summed E-state index contributed by atoms with van der Waals surface area (Å²) in [6.45, 7) is 1.81. The van der Waals surface area contributed by atoms with Gasteiger partial charge < -0.3 is 5.32 Å². The third-order valence-corrected chi connectivity index (χ3v) is 4.48. The predicted octanol–water partition coefficient (Wildman–Crippen LogP) is 3.94. The largest absolute Gasteiger partial charge is 0.312 e. The van der Waals surface area contributed by atoms with Gasteiger partial charge in [-0.3, -0.25) is 4.98 Å². The lowest BCUT2D eigenvalue weighted by atomic mass is 10.2. The average Bonchev–Trinajstić information content (AvgIpc) is 2.40. The van der Waals surface area contributed by atoms with Crippen molar-refractivity contribution in [1.82, 2.24) is 10.3 Å². The van der Waals surface area contributed by atoms with Gasteiger partial charge in [-0.2, -0.15) is 0 Å². The topological polar surface area (TPSA) is 24.9 Å². The Morgan fingerprint density at radius 3 is 2.67 bits per heavy atom. The smallest absolute Gasteiger partial charge is 0.0416 e. The van der Waals surface area contributed by atoms with Crippen LogP contribution in [0.2, 0.25) is 0 Å². The molecule has 2 rings (SSSR count). The average molecular weight is 370 g/mol. The van der Waals surface area contributed by atoms with E-state index in [4.69, 9.17) is 0 Å². The lowest BCUT2D eigenvalue weighted by molar-refractivity contribution is 0.679. The van der Waals surface area contributed by atoms with Gasteiger partial charge in [-0.05, 0) is 61.7 Å². The Morgan fingerprint density at radius 2 is 1.94 bits per heavy atom. The number of hydrogen-bond donors (Lipinski definition) is 1. The van der Waals surface area contributed by atoms with Gasteiger partial charge in [0.05, 0.1) is 0 Å². The van der Waals surface area contributed by atoms with Gasteiger partial charge in [0.2, 0.25) is 0 Å². The first kappa shape index (κ1) is 13.7. The van der Waals surface area contributed by atoms with Crippen molar-refractivity contribution in [1.29, 1.82) is 0 Å². The molecule has 0 atom stereocenters. The second kappa shape index (κ2) is 7.02. The highest BCUT2D eigenvalue weighted by atomic mass is 79.9. The van der Waals surface area contributed by atoms with Gasteiger partial charge in [-0.1, -0.05) is 12.1 Å². The second-order valence-corrected chi connectivity index (χ2v) is 5.70. The zero-order chi connectivity index (χ0) is 12.8. The van der Waals surface area contributed by atoms with Crippen LogP contribution in [0.5, 0.6) is 0 Å². The van der Waals surface area contributed by atoms with Crippen molar-refractivity contribution in [3.8, 4) is 0 Å². The quantitative estimate of drug-likeness (QED) is 0.807. The zero-order valence-corrected chi connectivity index (χ0v) is 13.0. The fourth-order valence-electron chi connectivity index (χ4n) is 1.64. The summed E-state index contributed by atoms with van der Waals surface area (Å²) >= 11 is 6.97. The van der Waals surface area contributed by atoms with E-state index < -0.39 is 0 Å². The van der Waals surface area contributed by atoms with E-state index in [0.717, 1.165) is 34.1 Å². The highest BCUT2D eigenvalue weighted by Crippen LogP contribution is 2.23. The number of pyridine rings is 1. The molecule has 0 amide bonds. The summed E-state index contributed by atoms with van der Waals surface area (Å²) in [5.41, 5.74) is 2.40. The molecule has 0 fully saturated rings. The molecule has 0 aliphatic carbocycles. The first-order valence-electron chi connectivity index (χ1n) is 5.80. The first-order valence-corrected chi connectivity index (χ1v) is 7.39. The number of nitrogens with one attached hydrogen (secondary N) is 1. The molecular weight excluding hydrogens is 356 g/mol. The van der Waals surface area contributed by atoms with Crippen LogP contribution in [0.1, 0.15) is 11.3 Å². The van der Waals surface area contributed by atoms with Crippen LogP contribution in [-0.2, 0) is 13.0 Å². The summed E-state index contributed by atoms with van der Waals surface area (Å²) in [6.07, 6.45) is 2.79. The number of rotatable bonds is 5. The van der Waals surface area contributed by atoms with Crippen molar-refractivity contribution in [2.24, 2.45) is 0 Å². The molecular formula is C14H14Br2N2. The highest BCUT2D eigenvalue weighted by molar-refractivity contribution is 9.13. The molecule has 2 nitrogen and oxygen atoms in total. The molecule has 2 aromatic rings. The Hall–Kier alpha value is -0.710. The summed E-state index contributed by atoms with van der Waals surface area (Å²) in [6, 6.07) is 12.3.